The van der Waals surface area contributed by atoms with Crippen molar-refractivity contribution in [1.29, 1.82) is 0 Å². The van der Waals surface area contributed by atoms with Gasteiger partial charge in [0.05, 0.1) is 6.10 Å². The molecule has 2 rings (SSSR count). The second-order valence-corrected chi connectivity index (χ2v) is 4.42. The van der Waals surface area contributed by atoms with E-state index in [0.29, 0.717) is 18.4 Å². The Morgan fingerprint density at radius 1 is 1.56 bits per heavy atom. The van der Waals surface area contributed by atoms with Crippen LogP contribution in [0.4, 0.5) is 11.8 Å². The van der Waals surface area contributed by atoms with E-state index in [9.17, 15) is 5.11 Å². The molecule has 1 unspecified atom stereocenters. The van der Waals surface area contributed by atoms with Crippen LogP contribution in [0.1, 0.15) is 12.8 Å². The van der Waals surface area contributed by atoms with Crippen molar-refractivity contribution in [2.75, 3.05) is 30.9 Å². The molecular formula is C11H18N4O. The number of anilines is 2. The fourth-order valence-electron chi connectivity index (χ4n) is 1.52. The van der Waals surface area contributed by atoms with Gasteiger partial charge in [0, 0.05) is 26.8 Å². The molecule has 0 aliphatic heterocycles. The summed E-state index contributed by atoms with van der Waals surface area (Å²) in [5.41, 5.74) is 0. The fraction of sp³-hybridized carbons (Fsp3) is 0.636. The normalized spacial score (nSPS) is 16.9. The Morgan fingerprint density at radius 2 is 2.31 bits per heavy atom. The smallest absolute Gasteiger partial charge is 0.226 e. The first-order valence-electron chi connectivity index (χ1n) is 5.59. The first-order valence-corrected chi connectivity index (χ1v) is 5.59. The van der Waals surface area contributed by atoms with Crippen LogP contribution in [0.3, 0.4) is 0 Å². The molecule has 1 heterocycles. The minimum absolute atomic E-state index is 0.252. The van der Waals surface area contributed by atoms with Crippen LogP contribution >= 0.6 is 0 Å². The molecule has 2 N–H and O–H groups in total. The monoisotopic (exact) mass is 222 g/mol. The lowest BCUT2D eigenvalue weighted by atomic mass is 10.2. The molecule has 1 aromatic rings. The molecule has 1 fully saturated rings. The Balaban J connectivity index is 1.90. The van der Waals surface area contributed by atoms with Crippen molar-refractivity contribution in [3.05, 3.63) is 12.3 Å². The van der Waals surface area contributed by atoms with Gasteiger partial charge in [-0.1, -0.05) is 0 Å². The highest BCUT2D eigenvalue weighted by Crippen LogP contribution is 2.32. The van der Waals surface area contributed by atoms with Crippen LogP contribution in [0.5, 0.6) is 0 Å². The first-order chi connectivity index (χ1) is 7.66. The van der Waals surface area contributed by atoms with Crippen molar-refractivity contribution in [2.45, 2.75) is 18.9 Å². The summed E-state index contributed by atoms with van der Waals surface area (Å²) in [6.07, 6.45) is 3.76. The van der Waals surface area contributed by atoms with Gasteiger partial charge in [0.15, 0.2) is 0 Å². The Morgan fingerprint density at radius 3 is 2.94 bits per heavy atom. The molecule has 5 nitrogen and oxygen atoms in total. The minimum atomic E-state index is -0.252. The second-order valence-electron chi connectivity index (χ2n) is 4.42. The van der Waals surface area contributed by atoms with Crippen molar-refractivity contribution < 1.29 is 5.11 Å². The molecule has 0 amide bonds. The summed E-state index contributed by atoms with van der Waals surface area (Å²) in [6.45, 7) is 0.564. The summed E-state index contributed by atoms with van der Waals surface area (Å²) in [5, 5.41) is 12.8. The largest absolute Gasteiger partial charge is 0.391 e. The van der Waals surface area contributed by atoms with Gasteiger partial charge < -0.3 is 15.3 Å². The molecule has 1 aromatic heterocycles. The summed E-state index contributed by atoms with van der Waals surface area (Å²) in [7, 11) is 3.80. The Hall–Kier alpha value is -1.36. The lowest BCUT2D eigenvalue weighted by Crippen LogP contribution is -2.22. The Labute approximate surface area is 95.5 Å². The molecule has 0 bridgehead atoms. The SMILES string of the molecule is CN(C)c1nccc(NCC(O)C2CC2)n1. The minimum Gasteiger partial charge on any atom is -0.391 e. The van der Waals surface area contributed by atoms with E-state index in [4.69, 9.17) is 0 Å². The van der Waals surface area contributed by atoms with Crippen LogP contribution in [-0.2, 0) is 0 Å². The number of rotatable bonds is 5. The Bertz CT molecular complexity index is 352. The average Bonchev–Trinajstić information content (AvgIpc) is 3.10. The molecule has 5 heteroatoms. The molecule has 16 heavy (non-hydrogen) atoms. The molecule has 0 radical (unpaired) electrons. The molecule has 1 aliphatic rings. The van der Waals surface area contributed by atoms with Gasteiger partial charge in [0.1, 0.15) is 5.82 Å². The second kappa shape index (κ2) is 4.65. The van der Waals surface area contributed by atoms with E-state index in [-0.39, 0.29) is 6.10 Å². The highest BCUT2D eigenvalue weighted by Gasteiger charge is 2.29. The maximum absolute atomic E-state index is 9.71. The number of hydrogen-bond donors (Lipinski definition) is 2. The molecule has 0 saturated heterocycles. The number of aliphatic hydroxyl groups is 1. The third kappa shape index (κ3) is 2.82. The van der Waals surface area contributed by atoms with Crippen molar-refractivity contribution in [3.63, 3.8) is 0 Å². The van der Waals surface area contributed by atoms with E-state index in [0.717, 1.165) is 18.7 Å². The third-order valence-corrected chi connectivity index (χ3v) is 2.70. The third-order valence-electron chi connectivity index (χ3n) is 2.70. The zero-order valence-electron chi connectivity index (χ0n) is 9.72. The summed E-state index contributed by atoms with van der Waals surface area (Å²) in [5.74, 6) is 1.92. The van der Waals surface area contributed by atoms with Crippen molar-refractivity contribution in [3.8, 4) is 0 Å². The lowest BCUT2D eigenvalue weighted by molar-refractivity contribution is 0.164. The Kier molecular flexibility index (Phi) is 3.24. The van der Waals surface area contributed by atoms with Crippen LogP contribution in [0.15, 0.2) is 12.3 Å². The van der Waals surface area contributed by atoms with E-state index < -0.39 is 0 Å². The van der Waals surface area contributed by atoms with Crippen LogP contribution in [-0.4, -0.2) is 41.8 Å². The van der Waals surface area contributed by atoms with E-state index in [2.05, 4.69) is 15.3 Å². The predicted molar refractivity (Wildman–Crippen MR) is 63.6 cm³/mol. The van der Waals surface area contributed by atoms with Gasteiger partial charge in [0.2, 0.25) is 5.95 Å². The van der Waals surface area contributed by atoms with Gasteiger partial charge in [-0.15, -0.1) is 0 Å². The first kappa shape index (κ1) is 11.1. The van der Waals surface area contributed by atoms with Crippen LogP contribution in [0, 0.1) is 5.92 Å². The van der Waals surface area contributed by atoms with Gasteiger partial charge >= 0.3 is 0 Å². The standard InChI is InChI=1S/C11H18N4O/c1-15(2)11-12-6-5-10(14-11)13-7-9(16)8-3-4-8/h5-6,8-9,16H,3-4,7H2,1-2H3,(H,12,13,14). The molecule has 1 aliphatic carbocycles. The average molecular weight is 222 g/mol. The molecule has 1 atom stereocenters. The number of aliphatic hydroxyl groups excluding tert-OH is 1. The van der Waals surface area contributed by atoms with Crippen molar-refractivity contribution in [2.24, 2.45) is 5.92 Å². The van der Waals surface area contributed by atoms with Crippen LogP contribution < -0.4 is 10.2 Å². The van der Waals surface area contributed by atoms with Gasteiger partial charge in [-0.2, -0.15) is 4.98 Å². The molecule has 88 valence electrons. The maximum Gasteiger partial charge on any atom is 0.226 e. The fourth-order valence-corrected chi connectivity index (χ4v) is 1.52. The van der Waals surface area contributed by atoms with Crippen molar-refractivity contribution >= 4 is 11.8 Å². The summed E-state index contributed by atoms with van der Waals surface area (Å²) < 4.78 is 0. The highest BCUT2D eigenvalue weighted by molar-refractivity contribution is 5.40. The summed E-state index contributed by atoms with van der Waals surface area (Å²) in [4.78, 5) is 10.3. The van der Waals surface area contributed by atoms with E-state index in [1.807, 2.05) is 25.1 Å². The zero-order valence-corrected chi connectivity index (χ0v) is 9.72. The van der Waals surface area contributed by atoms with Gasteiger partial charge in [-0.3, -0.25) is 0 Å². The van der Waals surface area contributed by atoms with Gasteiger partial charge in [-0.25, -0.2) is 4.98 Å². The number of nitrogens with zero attached hydrogens (tertiary/aromatic N) is 3. The number of aromatic nitrogens is 2. The predicted octanol–water partition coefficient (Wildman–Crippen LogP) is 0.725. The molecular weight excluding hydrogens is 204 g/mol. The van der Waals surface area contributed by atoms with E-state index >= 15 is 0 Å². The zero-order chi connectivity index (χ0) is 11.5. The maximum atomic E-state index is 9.71. The summed E-state index contributed by atoms with van der Waals surface area (Å²) in [6, 6.07) is 1.81. The van der Waals surface area contributed by atoms with Gasteiger partial charge in [0.25, 0.3) is 0 Å². The molecule has 0 spiro atoms. The lowest BCUT2D eigenvalue weighted by Gasteiger charge is -2.13. The quantitative estimate of drug-likeness (QED) is 0.769. The van der Waals surface area contributed by atoms with Crippen molar-refractivity contribution in [1.82, 2.24) is 9.97 Å². The number of hydrogen-bond acceptors (Lipinski definition) is 5. The number of nitrogens with one attached hydrogen (secondary N) is 1. The molecule has 0 aromatic carbocycles. The van der Waals surface area contributed by atoms with Gasteiger partial charge in [-0.05, 0) is 24.8 Å². The van der Waals surface area contributed by atoms with E-state index in [1.165, 1.54) is 0 Å². The summed E-state index contributed by atoms with van der Waals surface area (Å²) >= 11 is 0. The van der Waals surface area contributed by atoms with Crippen LogP contribution in [0.2, 0.25) is 0 Å². The highest BCUT2D eigenvalue weighted by atomic mass is 16.3. The van der Waals surface area contributed by atoms with Crippen LogP contribution in [0.25, 0.3) is 0 Å². The molecule has 1 saturated carbocycles. The van der Waals surface area contributed by atoms with E-state index in [1.54, 1.807) is 6.20 Å². The topological polar surface area (TPSA) is 61.3 Å².